The standard InChI is InChI=1S/C13H22N2O/c1-8(2)11-12(9(3)4)14-10-6-5-7-15(10)13(11)16/h8-10,14H,5-7H2,1-4H3. The molecule has 2 aliphatic rings. The minimum absolute atomic E-state index is 0.257. The Bertz CT molecular complexity index is 331. The number of fused-ring (bicyclic) bond motifs is 1. The molecule has 0 saturated carbocycles. The minimum Gasteiger partial charge on any atom is -0.368 e. The van der Waals surface area contributed by atoms with Gasteiger partial charge in [-0.1, -0.05) is 27.7 Å². The van der Waals surface area contributed by atoms with Crippen molar-refractivity contribution >= 4 is 5.91 Å². The Labute approximate surface area is 97.9 Å². The Hall–Kier alpha value is -0.990. The maximum Gasteiger partial charge on any atom is 0.253 e. The van der Waals surface area contributed by atoms with Crippen LogP contribution in [-0.2, 0) is 4.79 Å². The number of carbonyl (C=O) groups excluding carboxylic acids is 1. The van der Waals surface area contributed by atoms with Gasteiger partial charge in [-0.15, -0.1) is 0 Å². The Morgan fingerprint density at radius 3 is 2.50 bits per heavy atom. The van der Waals surface area contributed by atoms with Gasteiger partial charge in [0.25, 0.3) is 5.91 Å². The van der Waals surface area contributed by atoms with Gasteiger partial charge in [-0.3, -0.25) is 4.79 Å². The lowest BCUT2D eigenvalue weighted by molar-refractivity contribution is -0.130. The molecule has 0 aromatic heterocycles. The van der Waals surface area contributed by atoms with Crippen LogP contribution in [0.15, 0.2) is 11.3 Å². The van der Waals surface area contributed by atoms with E-state index >= 15 is 0 Å². The first-order valence-electron chi connectivity index (χ1n) is 6.34. The zero-order valence-corrected chi connectivity index (χ0v) is 10.7. The van der Waals surface area contributed by atoms with Crippen LogP contribution in [0.4, 0.5) is 0 Å². The summed E-state index contributed by atoms with van der Waals surface area (Å²) < 4.78 is 0. The fourth-order valence-electron chi connectivity index (χ4n) is 2.72. The van der Waals surface area contributed by atoms with Crippen LogP contribution >= 0.6 is 0 Å². The zero-order valence-electron chi connectivity index (χ0n) is 10.7. The fourth-order valence-corrected chi connectivity index (χ4v) is 2.72. The van der Waals surface area contributed by atoms with Crippen molar-refractivity contribution in [2.45, 2.75) is 46.7 Å². The van der Waals surface area contributed by atoms with Crippen molar-refractivity contribution in [1.82, 2.24) is 10.2 Å². The van der Waals surface area contributed by atoms with Crippen LogP contribution in [0.2, 0.25) is 0 Å². The lowest BCUT2D eigenvalue weighted by Crippen LogP contribution is -2.51. The highest BCUT2D eigenvalue weighted by Crippen LogP contribution is 2.30. The molecule has 0 aromatic carbocycles. The summed E-state index contributed by atoms with van der Waals surface area (Å²) in [7, 11) is 0. The number of amides is 1. The number of hydrogen-bond donors (Lipinski definition) is 1. The quantitative estimate of drug-likeness (QED) is 0.776. The molecule has 0 aromatic rings. The molecule has 1 atom stereocenters. The van der Waals surface area contributed by atoms with E-state index in [1.165, 1.54) is 5.70 Å². The lowest BCUT2D eigenvalue weighted by atomic mass is 9.92. The summed E-state index contributed by atoms with van der Waals surface area (Å²) in [6.07, 6.45) is 2.47. The third kappa shape index (κ3) is 1.72. The van der Waals surface area contributed by atoms with Gasteiger partial charge < -0.3 is 10.2 Å². The smallest absolute Gasteiger partial charge is 0.253 e. The van der Waals surface area contributed by atoms with Crippen molar-refractivity contribution in [3.8, 4) is 0 Å². The topological polar surface area (TPSA) is 32.3 Å². The molecule has 1 N–H and O–H groups in total. The van der Waals surface area contributed by atoms with Crippen molar-refractivity contribution < 1.29 is 4.79 Å². The fraction of sp³-hybridized carbons (Fsp3) is 0.769. The number of carbonyl (C=O) groups is 1. The second-order valence-corrected chi connectivity index (χ2v) is 5.44. The molecule has 16 heavy (non-hydrogen) atoms. The SMILES string of the molecule is CC(C)C1=C(C(C)C)C(=O)N2CCCC2N1. The summed E-state index contributed by atoms with van der Waals surface area (Å²) in [5.41, 5.74) is 2.16. The molecular formula is C13H22N2O. The number of rotatable bonds is 2. The predicted molar refractivity (Wildman–Crippen MR) is 64.6 cm³/mol. The second kappa shape index (κ2) is 4.11. The average molecular weight is 222 g/mol. The van der Waals surface area contributed by atoms with E-state index in [0.717, 1.165) is 25.0 Å². The van der Waals surface area contributed by atoms with Crippen LogP contribution in [0, 0.1) is 11.8 Å². The van der Waals surface area contributed by atoms with Gasteiger partial charge in [0, 0.05) is 17.8 Å². The van der Waals surface area contributed by atoms with Crippen LogP contribution in [0.1, 0.15) is 40.5 Å². The van der Waals surface area contributed by atoms with E-state index in [1.807, 2.05) is 4.90 Å². The van der Waals surface area contributed by atoms with Crippen LogP contribution in [0.5, 0.6) is 0 Å². The van der Waals surface area contributed by atoms with E-state index in [-0.39, 0.29) is 12.1 Å². The van der Waals surface area contributed by atoms with Crippen molar-refractivity contribution in [2.24, 2.45) is 11.8 Å². The number of hydrogen-bond acceptors (Lipinski definition) is 2. The van der Waals surface area contributed by atoms with Crippen molar-refractivity contribution in [3.05, 3.63) is 11.3 Å². The maximum atomic E-state index is 12.4. The zero-order chi connectivity index (χ0) is 11.9. The first-order valence-corrected chi connectivity index (χ1v) is 6.34. The maximum absolute atomic E-state index is 12.4. The molecule has 0 aliphatic carbocycles. The van der Waals surface area contributed by atoms with Gasteiger partial charge in [0.2, 0.25) is 0 Å². The summed E-state index contributed by atoms with van der Waals surface area (Å²) in [6.45, 7) is 9.44. The Morgan fingerprint density at radius 2 is 1.94 bits per heavy atom. The van der Waals surface area contributed by atoms with Gasteiger partial charge in [0.1, 0.15) is 6.17 Å². The number of nitrogens with zero attached hydrogens (tertiary/aromatic N) is 1. The predicted octanol–water partition coefficient (Wildman–Crippen LogP) is 2.10. The second-order valence-electron chi connectivity index (χ2n) is 5.44. The third-order valence-corrected chi connectivity index (χ3v) is 3.51. The van der Waals surface area contributed by atoms with E-state index in [9.17, 15) is 4.79 Å². The van der Waals surface area contributed by atoms with Crippen LogP contribution in [0.25, 0.3) is 0 Å². The van der Waals surface area contributed by atoms with E-state index < -0.39 is 0 Å². The van der Waals surface area contributed by atoms with Crippen LogP contribution in [-0.4, -0.2) is 23.5 Å². The van der Waals surface area contributed by atoms with E-state index in [4.69, 9.17) is 0 Å². The molecule has 3 nitrogen and oxygen atoms in total. The Balaban J connectivity index is 2.38. The summed E-state index contributed by atoms with van der Waals surface area (Å²) in [5, 5.41) is 3.56. The van der Waals surface area contributed by atoms with Gasteiger partial charge in [-0.2, -0.15) is 0 Å². The molecular weight excluding hydrogens is 200 g/mol. The minimum atomic E-state index is 0.257. The molecule has 0 bridgehead atoms. The molecule has 90 valence electrons. The normalized spacial score (nSPS) is 25.5. The van der Waals surface area contributed by atoms with Crippen molar-refractivity contribution in [3.63, 3.8) is 0 Å². The highest BCUT2D eigenvalue weighted by atomic mass is 16.2. The molecule has 1 fully saturated rings. The monoisotopic (exact) mass is 222 g/mol. The van der Waals surface area contributed by atoms with E-state index in [0.29, 0.717) is 11.8 Å². The number of nitrogens with one attached hydrogen (secondary N) is 1. The number of allylic oxidation sites excluding steroid dienone is 1. The van der Waals surface area contributed by atoms with E-state index in [1.54, 1.807) is 0 Å². The molecule has 2 aliphatic heterocycles. The van der Waals surface area contributed by atoms with Gasteiger partial charge in [0.05, 0.1) is 0 Å². The van der Waals surface area contributed by atoms with Gasteiger partial charge >= 0.3 is 0 Å². The highest BCUT2D eigenvalue weighted by Gasteiger charge is 2.37. The largest absolute Gasteiger partial charge is 0.368 e. The molecule has 3 heteroatoms. The van der Waals surface area contributed by atoms with Gasteiger partial charge in [0.15, 0.2) is 0 Å². The molecule has 0 spiro atoms. The average Bonchev–Trinajstić information content (AvgIpc) is 2.64. The van der Waals surface area contributed by atoms with Crippen molar-refractivity contribution in [2.75, 3.05) is 6.54 Å². The van der Waals surface area contributed by atoms with Gasteiger partial charge in [-0.25, -0.2) is 0 Å². The Kier molecular flexibility index (Phi) is 2.96. The van der Waals surface area contributed by atoms with Crippen molar-refractivity contribution in [1.29, 1.82) is 0 Å². The summed E-state index contributed by atoms with van der Waals surface area (Å²) >= 11 is 0. The lowest BCUT2D eigenvalue weighted by Gasteiger charge is -2.37. The molecule has 2 heterocycles. The van der Waals surface area contributed by atoms with Crippen LogP contribution in [0.3, 0.4) is 0 Å². The van der Waals surface area contributed by atoms with E-state index in [2.05, 4.69) is 33.0 Å². The summed E-state index contributed by atoms with van der Waals surface area (Å²) in [6, 6.07) is 0. The summed E-state index contributed by atoms with van der Waals surface area (Å²) in [5.74, 6) is 0.975. The highest BCUT2D eigenvalue weighted by molar-refractivity contribution is 5.95. The third-order valence-electron chi connectivity index (χ3n) is 3.51. The molecule has 2 rings (SSSR count). The van der Waals surface area contributed by atoms with Crippen LogP contribution < -0.4 is 5.32 Å². The molecule has 1 unspecified atom stereocenters. The first-order chi connectivity index (χ1) is 7.52. The summed E-state index contributed by atoms with van der Waals surface area (Å²) in [4.78, 5) is 14.4. The molecule has 1 saturated heterocycles. The molecule has 1 amide bonds. The Morgan fingerprint density at radius 1 is 1.25 bits per heavy atom. The first kappa shape index (κ1) is 11.5. The van der Waals surface area contributed by atoms with Gasteiger partial charge in [-0.05, 0) is 24.7 Å². The molecule has 0 radical (unpaired) electrons.